The van der Waals surface area contributed by atoms with Crippen LogP contribution in [0.5, 0.6) is 11.5 Å². The summed E-state index contributed by atoms with van der Waals surface area (Å²) in [5.41, 5.74) is 2.53. The van der Waals surface area contributed by atoms with Gasteiger partial charge >= 0.3 is 0 Å². The number of methoxy groups -OCH3 is 1. The van der Waals surface area contributed by atoms with Crippen LogP contribution in [0, 0.1) is 0 Å². The van der Waals surface area contributed by atoms with Crippen molar-refractivity contribution in [3.8, 4) is 11.5 Å². The Kier molecular flexibility index (Phi) is 7.56. The molecule has 0 spiro atoms. The first-order chi connectivity index (χ1) is 13.2. The van der Waals surface area contributed by atoms with E-state index in [9.17, 15) is 0 Å². The molecule has 1 aliphatic heterocycles. The number of rotatable bonds is 8. The van der Waals surface area contributed by atoms with Crippen LogP contribution in [0.2, 0.25) is 0 Å². The summed E-state index contributed by atoms with van der Waals surface area (Å²) in [6.07, 6.45) is 2.34. The number of nitrogens with zero attached hydrogens (tertiary/aromatic N) is 1. The average Bonchev–Trinajstić information content (AvgIpc) is 2.69. The highest BCUT2D eigenvalue weighted by Gasteiger charge is 2.20. The molecule has 1 aliphatic rings. The van der Waals surface area contributed by atoms with Crippen LogP contribution in [0.15, 0.2) is 46.9 Å². The number of hydrogen-bond acceptors (Lipinski definition) is 4. The second-order valence-electron chi connectivity index (χ2n) is 6.95. The van der Waals surface area contributed by atoms with Gasteiger partial charge < -0.3 is 14.8 Å². The fraction of sp³-hybridized carbons (Fsp3) is 0.455. The van der Waals surface area contributed by atoms with E-state index in [0.29, 0.717) is 12.6 Å². The molecule has 2 aromatic rings. The highest BCUT2D eigenvalue weighted by molar-refractivity contribution is 9.10. The molecule has 4 nitrogen and oxygen atoms in total. The second-order valence-corrected chi connectivity index (χ2v) is 7.86. The van der Waals surface area contributed by atoms with Gasteiger partial charge in [-0.2, -0.15) is 0 Å². The van der Waals surface area contributed by atoms with Gasteiger partial charge in [0.25, 0.3) is 0 Å². The van der Waals surface area contributed by atoms with Crippen LogP contribution in [-0.4, -0.2) is 37.7 Å². The number of hydrogen-bond donors (Lipinski definition) is 1. The molecule has 0 amide bonds. The normalized spacial score (nSPS) is 15.7. The van der Waals surface area contributed by atoms with Crippen LogP contribution >= 0.6 is 15.9 Å². The van der Waals surface area contributed by atoms with Crippen LogP contribution in [0.3, 0.4) is 0 Å². The SMILES string of the molecule is CCOc1c(CNC2CCN(Cc3ccccc3)CC2)cc(Br)cc1OC. The summed E-state index contributed by atoms with van der Waals surface area (Å²) < 4.78 is 12.3. The number of nitrogens with one attached hydrogen (secondary N) is 1. The molecule has 2 aromatic carbocycles. The van der Waals surface area contributed by atoms with Gasteiger partial charge in [0.1, 0.15) is 0 Å². The summed E-state index contributed by atoms with van der Waals surface area (Å²) in [5, 5.41) is 3.72. The van der Waals surface area contributed by atoms with Crippen molar-refractivity contribution in [1.82, 2.24) is 10.2 Å². The number of benzene rings is 2. The Labute approximate surface area is 171 Å². The van der Waals surface area contributed by atoms with Crippen molar-refractivity contribution < 1.29 is 9.47 Å². The molecule has 0 saturated carbocycles. The van der Waals surface area contributed by atoms with Crippen molar-refractivity contribution in [3.05, 3.63) is 58.1 Å². The lowest BCUT2D eigenvalue weighted by Crippen LogP contribution is -2.41. The summed E-state index contributed by atoms with van der Waals surface area (Å²) >= 11 is 3.57. The summed E-state index contributed by atoms with van der Waals surface area (Å²) in [7, 11) is 1.68. The predicted molar refractivity (Wildman–Crippen MR) is 113 cm³/mol. The van der Waals surface area contributed by atoms with Gasteiger partial charge in [0.15, 0.2) is 11.5 Å². The Bertz CT molecular complexity index is 716. The Hall–Kier alpha value is -1.56. The minimum absolute atomic E-state index is 0.538. The zero-order valence-corrected chi connectivity index (χ0v) is 17.8. The standard InChI is InChI=1S/C22H29BrN2O2/c1-3-27-22-18(13-19(23)14-21(22)26-2)15-24-20-9-11-25(12-10-20)16-17-7-5-4-6-8-17/h4-8,13-14,20,24H,3,9-12,15-16H2,1-2H3. The van der Waals surface area contributed by atoms with Gasteiger partial charge in [-0.15, -0.1) is 0 Å². The third-order valence-corrected chi connectivity index (χ3v) is 5.48. The van der Waals surface area contributed by atoms with Crippen molar-refractivity contribution in [2.45, 2.75) is 38.9 Å². The first-order valence-corrected chi connectivity index (χ1v) is 10.5. The fourth-order valence-electron chi connectivity index (χ4n) is 3.60. The van der Waals surface area contributed by atoms with E-state index in [1.165, 1.54) is 18.4 Å². The molecular weight excluding hydrogens is 404 g/mol. The van der Waals surface area contributed by atoms with Crippen LogP contribution in [0.4, 0.5) is 0 Å². The Balaban J connectivity index is 1.53. The number of likely N-dealkylation sites (tertiary alicyclic amines) is 1. The third kappa shape index (κ3) is 5.71. The van der Waals surface area contributed by atoms with Gasteiger partial charge in [-0.1, -0.05) is 46.3 Å². The van der Waals surface area contributed by atoms with E-state index in [2.05, 4.69) is 62.5 Å². The lowest BCUT2D eigenvalue weighted by Gasteiger charge is -2.32. The van der Waals surface area contributed by atoms with Gasteiger partial charge in [-0.25, -0.2) is 0 Å². The molecular formula is C22H29BrN2O2. The zero-order valence-electron chi connectivity index (χ0n) is 16.2. The van der Waals surface area contributed by atoms with Crippen LogP contribution in [0.1, 0.15) is 30.9 Å². The van der Waals surface area contributed by atoms with Gasteiger partial charge in [0.2, 0.25) is 0 Å². The molecule has 0 unspecified atom stereocenters. The fourth-order valence-corrected chi connectivity index (χ4v) is 4.09. The van der Waals surface area contributed by atoms with Crippen LogP contribution in [0.25, 0.3) is 0 Å². The molecule has 0 radical (unpaired) electrons. The summed E-state index contributed by atoms with van der Waals surface area (Å²) in [4.78, 5) is 2.54. The second kappa shape index (κ2) is 10.1. The number of halogens is 1. The quantitative estimate of drug-likeness (QED) is 0.659. The molecule has 1 heterocycles. The van der Waals surface area contributed by atoms with Gasteiger partial charge in [0, 0.05) is 29.2 Å². The molecule has 1 fully saturated rings. The lowest BCUT2D eigenvalue weighted by atomic mass is 10.0. The Morgan fingerprint density at radius 2 is 1.89 bits per heavy atom. The van der Waals surface area contributed by atoms with E-state index in [1.54, 1.807) is 7.11 Å². The van der Waals surface area contributed by atoms with Crippen LogP contribution in [-0.2, 0) is 13.1 Å². The van der Waals surface area contributed by atoms with Gasteiger partial charge in [0.05, 0.1) is 13.7 Å². The average molecular weight is 433 g/mol. The summed E-state index contributed by atoms with van der Waals surface area (Å²) in [5.74, 6) is 1.62. The first-order valence-electron chi connectivity index (χ1n) is 9.68. The molecule has 1 saturated heterocycles. The molecule has 5 heteroatoms. The van der Waals surface area contributed by atoms with E-state index in [4.69, 9.17) is 9.47 Å². The van der Waals surface area contributed by atoms with Crippen molar-refractivity contribution >= 4 is 15.9 Å². The Morgan fingerprint density at radius 1 is 1.15 bits per heavy atom. The first kappa shape index (κ1) is 20.2. The third-order valence-electron chi connectivity index (χ3n) is 5.02. The molecule has 3 rings (SSSR count). The monoisotopic (exact) mass is 432 g/mol. The van der Waals surface area contributed by atoms with Crippen molar-refractivity contribution in [3.63, 3.8) is 0 Å². The summed E-state index contributed by atoms with van der Waals surface area (Å²) in [6.45, 7) is 6.72. The Morgan fingerprint density at radius 3 is 2.56 bits per heavy atom. The van der Waals surface area contributed by atoms with Crippen molar-refractivity contribution in [1.29, 1.82) is 0 Å². The highest BCUT2D eigenvalue weighted by Crippen LogP contribution is 2.35. The minimum atomic E-state index is 0.538. The zero-order chi connectivity index (χ0) is 19.1. The molecule has 146 valence electrons. The molecule has 27 heavy (non-hydrogen) atoms. The van der Waals surface area contributed by atoms with E-state index in [-0.39, 0.29) is 0 Å². The molecule has 0 bridgehead atoms. The predicted octanol–water partition coefficient (Wildman–Crippen LogP) is 4.61. The van der Waals surface area contributed by atoms with Crippen LogP contribution < -0.4 is 14.8 Å². The largest absolute Gasteiger partial charge is 0.493 e. The number of ether oxygens (including phenoxy) is 2. The van der Waals surface area contributed by atoms with Crippen molar-refractivity contribution in [2.24, 2.45) is 0 Å². The number of piperidine rings is 1. The molecule has 0 aliphatic carbocycles. The maximum Gasteiger partial charge on any atom is 0.165 e. The minimum Gasteiger partial charge on any atom is -0.493 e. The maximum atomic E-state index is 5.84. The van der Waals surface area contributed by atoms with E-state index < -0.39 is 0 Å². The topological polar surface area (TPSA) is 33.7 Å². The smallest absolute Gasteiger partial charge is 0.165 e. The van der Waals surface area contributed by atoms with Gasteiger partial charge in [-0.05, 0) is 50.6 Å². The maximum absolute atomic E-state index is 5.84. The van der Waals surface area contributed by atoms with E-state index in [0.717, 1.165) is 47.7 Å². The molecule has 0 atom stereocenters. The lowest BCUT2D eigenvalue weighted by molar-refractivity contribution is 0.189. The molecule has 0 aromatic heterocycles. The highest BCUT2D eigenvalue weighted by atomic mass is 79.9. The molecule has 1 N–H and O–H groups in total. The van der Waals surface area contributed by atoms with Gasteiger partial charge in [-0.3, -0.25) is 4.90 Å². The van der Waals surface area contributed by atoms with Crippen molar-refractivity contribution in [2.75, 3.05) is 26.8 Å². The van der Waals surface area contributed by atoms with E-state index >= 15 is 0 Å². The van der Waals surface area contributed by atoms with E-state index in [1.807, 2.05) is 13.0 Å². The summed E-state index contributed by atoms with van der Waals surface area (Å²) in [6, 6.07) is 15.3.